The van der Waals surface area contributed by atoms with E-state index in [1.807, 2.05) is 6.07 Å². The van der Waals surface area contributed by atoms with Crippen molar-refractivity contribution < 1.29 is 9.47 Å². The van der Waals surface area contributed by atoms with Crippen LogP contribution in [0.5, 0.6) is 11.5 Å². The number of hydrogen-bond acceptors (Lipinski definition) is 4. The van der Waals surface area contributed by atoms with Crippen LogP contribution in [0, 0.1) is 0 Å². The van der Waals surface area contributed by atoms with Crippen molar-refractivity contribution in [3.05, 3.63) is 23.8 Å². The minimum atomic E-state index is 0.744. The number of likely N-dealkylation sites (N-methyl/N-ethyl adjacent to an activating group) is 1. The molecule has 0 aromatic heterocycles. The number of unbranched alkanes of at least 4 members (excludes halogenated alkanes) is 1. The monoisotopic (exact) mass is 308 g/mol. The number of nitrogens with zero attached hydrogens (tertiary/aromatic N) is 1. The van der Waals surface area contributed by atoms with Crippen LogP contribution in [0.15, 0.2) is 18.2 Å². The molecule has 0 aliphatic heterocycles. The molecule has 1 aromatic rings. The van der Waals surface area contributed by atoms with Gasteiger partial charge in [0.25, 0.3) is 0 Å². The van der Waals surface area contributed by atoms with Crippen LogP contribution >= 0.6 is 0 Å². The third kappa shape index (κ3) is 6.67. The van der Waals surface area contributed by atoms with Crippen molar-refractivity contribution in [2.45, 2.75) is 40.2 Å². The highest BCUT2D eigenvalue weighted by Gasteiger charge is 2.06. The largest absolute Gasteiger partial charge is 0.493 e. The average Bonchev–Trinajstić information content (AvgIpc) is 2.56. The molecule has 4 heteroatoms. The Labute approximate surface area is 135 Å². The number of hydrogen-bond donors (Lipinski definition) is 1. The van der Waals surface area contributed by atoms with Gasteiger partial charge in [0.05, 0.1) is 13.7 Å². The van der Waals surface area contributed by atoms with Crippen molar-refractivity contribution in [2.24, 2.45) is 0 Å². The van der Waals surface area contributed by atoms with Gasteiger partial charge in [0, 0.05) is 19.6 Å². The van der Waals surface area contributed by atoms with Crippen LogP contribution in [0.25, 0.3) is 0 Å². The lowest BCUT2D eigenvalue weighted by molar-refractivity contribution is 0.288. The third-order valence-electron chi connectivity index (χ3n) is 3.81. The Hall–Kier alpha value is -1.26. The van der Waals surface area contributed by atoms with Gasteiger partial charge in [0.15, 0.2) is 11.5 Å². The molecule has 0 radical (unpaired) electrons. The lowest BCUT2D eigenvalue weighted by Gasteiger charge is -2.18. The van der Waals surface area contributed by atoms with E-state index in [2.05, 4.69) is 43.1 Å². The molecule has 0 saturated heterocycles. The number of nitrogens with one attached hydrogen (secondary N) is 1. The molecule has 0 aliphatic rings. The standard InChI is InChI=1S/C18H32N2O2/c1-5-8-13-22-17-10-9-16(14-18(17)21-4)15-19-11-12-20(6-2)7-3/h9-10,14,19H,5-8,11-13,15H2,1-4H3. The summed E-state index contributed by atoms with van der Waals surface area (Å²) < 4.78 is 11.2. The first-order valence-electron chi connectivity index (χ1n) is 8.47. The fourth-order valence-corrected chi connectivity index (χ4v) is 2.28. The van der Waals surface area contributed by atoms with Gasteiger partial charge in [0.1, 0.15) is 0 Å². The molecule has 0 spiro atoms. The smallest absolute Gasteiger partial charge is 0.161 e. The van der Waals surface area contributed by atoms with Crippen molar-refractivity contribution in [3.63, 3.8) is 0 Å². The maximum absolute atomic E-state index is 5.76. The van der Waals surface area contributed by atoms with Crippen molar-refractivity contribution >= 4 is 0 Å². The van der Waals surface area contributed by atoms with Crippen LogP contribution in [-0.4, -0.2) is 44.8 Å². The van der Waals surface area contributed by atoms with Gasteiger partial charge in [0.2, 0.25) is 0 Å². The Morgan fingerprint density at radius 2 is 1.86 bits per heavy atom. The fourth-order valence-electron chi connectivity index (χ4n) is 2.28. The van der Waals surface area contributed by atoms with Crippen molar-refractivity contribution in [1.82, 2.24) is 10.2 Å². The highest BCUT2D eigenvalue weighted by Crippen LogP contribution is 2.28. The van der Waals surface area contributed by atoms with E-state index in [0.29, 0.717) is 0 Å². The van der Waals surface area contributed by atoms with Gasteiger partial charge < -0.3 is 19.7 Å². The summed E-state index contributed by atoms with van der Waals surface area (Å²) in [6.07, 6.45) is 2.20. The molecule has 0 fully saturated rings. The van der Waals surface area contributed by atoms with E-state index in [9.17, 15) is 0 Å². The third-order valence-corrected chi connectivity index (χ3v) is 3.81. The number of methoxy groups -OCH3 is 1. The summed E-state index contributed by atoms with van der Waals surface area (Å²) in [5.74, 6) is 1.65. The summed E-state index contributed by atoms with van der Waals surface area (Å²) in [5.41, 5.74) is 1.22. The second kappa shape index (κ2) is 11.3. The molecule has 0 aliphatic carbocycles. The predicted octanol–water partition coefficient (Wildman–Crippen LogP) is 3.31. The predicted molar refractivity (Wildman–Crippen MR) is 92.9 cm³/mol. The second-order valence-corrected chi connectivity index (χ2v) is 5.39. The molecule has 1 rings (SSSR count). The summed E-state index contributed by atoms with van der Waals surface area (Å²) in [5, 5.41) is 3.49. The van der Waals surface area contributed by atoms with Gasteiger partial charge in [-0.2, -0.15) is 0 Å². The van der Waals surface area contributed by atoms with E-state index in [4.69, 9.17) is 9.47 Å². The summed E-state index contributed by atoms with van der Waals surface area (Å²) >= 11 is 0. The van der Waals surface area contributed by atoms with Crippen LogP contribution < -0.4 is 14.8 Å². The van der Waals surface area contributed by atoms with Crippen molar-refractivity contribution in [1.29, 1.82) is 0 Å². The summed E-state index contributed by atoms with van der Waals surface area (Å²) in [6.45, 7) is 12.5. The first kappa shape index (κ1) is 18.8. The maximum atomic E-state index is 5.76. The SMILES string of the molecule is CCCCOc1ccc(CNCCN(CC)CC)cc1OC. The molecule has 0 unspecified atom stereocenters. The first-order chi connectivity index (χ1) is 10.7. The van der Waals surface area contributed by atoms with Gasteiger partial charge in [-0.1, -0.05) is 33.3 Å². The van der Waals surface area contributed by atoms with Crippen LogP contribution in [0.4, 0.5) is 0 Å². The van der Waals surface area contributed by atoms with E-state index in [-0.39, 0.29) is 0 Å². The molecule has 0 atom stereocenters. The van der Waals surface area contributed by atoms with E-state index in [1.165, 1.54) is 5.56 Å². The quantitative estimate of drug-likeness (QED) is 0.601. The zero-order valence-corrected chi connectivity index (χ0v) is 14.7. The molecular formula is C18H32N2O2. The number of rotatable bonds is 12. The molecular weight excluding hydrogens is 276 g/mol. The molecule has 0 amide bonds. The van der Waals surface area contributed by atoms with Crippen LogP contribution in [-0.2, 0) is 6.54 Å². The normalized spacial score (nSPS) is 11.0. The molecule has 1 aromatic carbocycles. The molecule has 22 heavy (non-hydrogen) atoms. The molecule has 0 saturated carbocycles. The highest BCUT2D eigenvalue weighted by atomic mass is 16.5. The van der Waals surface area contributed by atoms with Gasteiger partial charge >= 0.3 is 0 Å². The van der Waals surface area contributed by atoms with Crippen LogP contribution in [0.2, 0.25) is 0 Å². The Kier molecular flexibility index (Phi) is 9.67. The minimum absolute atomic E-state index is 0.744. The molecule has 1 N–H and O–H groups in total. The summed E-state index contributed by atoms with van der Waals surface area (Å²) in [6, 6.07) is 6.18. The Morgan fingerprint density at radius 3 is 2.50 bits per heavy atom. The Bertz CT molecular complexity index is 406. The fraction of sp³-hybridized carbons (Fsp3) is 0.667. The van der Waals surface area contributed by atoms with Crippen molar-refractivity contribution in [2.75, 3.05) is 39.9 Å². The minimum Gasteiger partial charge on any atom is -0.493 e. The van der Waals surface area contributed by atoms with Gasteiger partial charge in [-0.15, -0.1) is 0 Å². The molecule has 0 heterocycles. The van der Waals surface area contributed by atoms with E-state index in [0.717, 1.165) is 63.7 Å². The van der Waals surface area contributed by atoms with Crippen LogP contribution in [0.3, 0.4) is 0 Å². The van der Waals surface area contributed by atoms with Gasteiger partial charge in [-0.05, 0) is 37.2 Å². The van der Waals surface area contributed by atoms with E-state index < -0.39 is 0 Å². The molecule has 0 bridgehead atoms. The zero-order chi connectivity index (χ0) is 16.2. The first-order valence-corrected chi connectivity index (χ1v) is 8.47. The zero-order valence-electron chi connectivity index (χ0n) is 14.7. The second-order valence-electron chi connectivity index (χ2n) is 5.39. The van der Waals surface area contributed by atoms with Gasteiger partial charge in [-0.25, -0.2) is 0 Å². The summed E-state index contributed by atoms with van der Waals surface area (Å²) in [7, 11) is 1.69. The van der Waals surface area contributed by atoms with Crippen molar-refractivity contribution in [3.8, 4) is 11.5 Å². The van der Waals surface area contributed by atoms with Crippen LogP contribution in [0.1, 0.15) is 39.2 Å². The number of benzene rings is 1. The summed E-state index contributed by atoms with van der Waals surface area (Å²) in [4.78, 5) is 2.41. The van der Waals surface area contributed by atoms with E-state index in [1.54, 1.807) is 7.11 Å². The maximum Gasteiger partial charge on any atom is 0.161 e. The lowest BCUT2D eigenvalue weighted by atomic mass is 10.2. The highest BCUT2D eigenvalue weighted by molar-refractivity contribution is 5.42. The topological polar surface area (TPSA) is 33.7 Å². The number of ether oxygens (including phenoxy) is 2. The lowest BCUT2D eigenvalue weighted by Crippen LogP contribution is -2.31. The molecule has 126 valence electrons. The average molecular weight is 308 g/mol. The molecule has 4 nitrogen and oxygen atoms in total. The van der Waals surface area contributed by atoms with E-state index >= 15 is 0 Å². The Morgan fingerprint density at radius 1 is 1.09 bits per heavy atom. The Balaban J connectivity index is 2.44. The van der Waals surface area contributed by atoms with Gasteiger partial charge in [-0.3, -0.25) is 0 Å².